The Bertz CT molecular complexity index is 1200. The van der Waals surface area contributed by atoms with Crippen molar-refractivity contribution >= 4 is 28.4 Å². The molecule has 156 valence electrons. The third-order valence-electron chi connectivity index (χ3n) is 5.62. The molecular weight excluding hydrogens is 390 g/mol. The summed E-state index contributed by atoms with van der Waals surface area (Å²) in [6, 6.07) is 17.9. The molecule has 0 aliphatic carbocycles. The number of aromatic nitrogens is 4. The van der Waals surface area contributed by atoms with Crippen LogP contribution in [0.4, 0.5) is 11.6 Å². The standard InChI is InChI=1S/C23H23N7O/c24-20(31)15-17-16-30(19-6-2-1-5-18(17)19)23-9-8-22(26-27-23)29-13-11-28(12-14-29)21-7-3-4-10-25-21/h1-10,16H,11-15H2,(H2,24,31). The van der Waals surface area contributed by atoms with Gasteiger partial charge in [0.1, 0.15) is 5.82 Å². The number of primary amides is 1. The van der Waals surface area contributed by atoms with E-state index in [0.717, 1.165) is 54.3 Å². The number of pyridine rings is 1. The molecule has 0 saturated carbocycles. The minimum Gasteiger partial charge on any atom is -0.369 e. The van der Waals surface area contributed by atoms with Crippen LogP contribution in [0.2, 0.25) is 0 Å². The Balaban J connectivity index is 1.35. The zero-order valence-corrected chi connectivity index (χ0v) is 17.1. The Hall–Kier alpha value is -3.94. The second-order valence-electron chi connectivity index (χ2n) is 7.60. The number of piperazine rings is 1. The second kappa shape index (κ2) is 8.06. The molecule has 1 aliphatic heterocycles. The summed E-state index contributed by atoms with van der Waals surface area (Å²) in [7, 11) is 0. The Labute approximate surface area is 179 Å². The highest BCUT2D eigenvalue weighted by molar-refractivity contribution is 5.89. The zero-order chi connectivity index (χ0) is 21.2. The largest absolute Gasteiger partial charge is 0.369 e. The van der Waals surface area contributed by atoms with E-state index in [0.29, 0.717) is 5.82 Å². The van der Waals surface area contributed by atoms with Gasteiger partial charge >= 0.3 is 0 Å². The monoisotopic (exact) mass is 413 g/mol. The molecule has 0 spiro atoms. The van der Waals surface area contributed by atoms with Gasteiger partial charge in [-0.3, -0.25) is 9.36 Å². The van der Waals surface area contributed by atoms with Crippen LogP contribution in [0.3, 0.4) is 0 Å². The molecule has 0 atom stereocenters. The Morgan fingerprint density at radius 2 is 1.52 bits per heavy atom. The molecular formula is C23H23N7O. The molecule has 1 saturated heterocycles. The van der Waals surface area contributed by atoms with Crippen LogP contribution in [-0.4, -0.2) is 51.8 Å². The highest BCUT2D eigenvalue weighted by Gasteiger charge is 2.19. The number of hydrogen-bond donors (Lipinski definition) is 1. The van der Waals surface area contributed by atoms with E-state index >= 15 is 0 Å². The molecule has 8 heteroatoms. The van der Waals surface area contributed by atoms with Crippen molar-refractivity contribution in [3.63, 3.8) is 0 Å². The van der Waals surface area contributed by atoms with E-state index in [4.69, 9.17) is 5.73 Å². The molecule has 3 aromatic heterocycles. The van der Waals surface area contributed by atoms with Crippen LogP contribution in [-0.2, 0) is 11.2 Å². The highest BCUT2D eigenvalue weighted by Crippen LogP contribution is 2.25. The quantitative estimate of drug-likeness (QED) is 0.539. The molecule has 1 amide bonds. The second-order valence-corrected chi connectivity index (χ2v) is 7.60. The first-order valence-corrected chi connectivity index (χ1v) is 10.3. The fraction of sp³-hybridized carbons (Fsp3) is 0.217. The third-order valence-corrected chi connectivity index (χ3v) is 5.62. The van der Waals surface area contributed by atoms with Gasteiger partial charge in [0.05, 0.1) is 11.9 Å². The van der Waals surface area contributed by atoms with E-state index in [2.05, 4.69) is 25.0 Å². The maximum Gasteiger partial charge on any atom is 0.221 e. The summed E-state index contributed by atoms with van der Waals surface area (Å²) in [5, 5.41) is 9.95. The summed E-state index contributed by atoms with van der Waals surface area (Å²) < 4.78 is 1.96. The highest BCUT2D eigenvalue weighted by atomic mass is 16.1. The summed E-state index contributed by atoms with van der Waals surface area (Å²) in [6.45, 7) is 3.50. The lowest BCUT2D eigenvalue weighted by Crippen LogP contribution is -2.47. The van der Waals surface area contributed by atoms with Gasteiger partial charge < -0.3 is 15.5 Å². The van der Waals surface area contributed by atoms with Gasteiger partial charge in [-0.1, -0.05) is 24.3 Å². The van der Waals surface area contributed by atoms with Crippen LogP contribution in [0.5, 0.6) is 0 Å². The molecule has 1 aliphatic rings. The van der Waals surface area contributed by atoms with Crippen molar-refractivity contribution < 1.29 is 4.79 Å². The van der Waals surface area contributed by atoms with Gasteiger partial charge in [-0.2, -0.15) is 0 Å². The molecule has 4 heterocycles. The molecule has 0 unspecified atom stereocenters. The summed E-state index contributed by atoms with van der Waals surface area (Å²) in [4.78, 5) is 20.4. The molecule has 1 fully saturated rings. The van der Waals surface area contributed by atoms with Crippen molar-refractivity contribution in [3.8, 4) is 5.82 Å². The van der Waals surface area contributed by atoms with E-state index in [9.17, 15) is 4.79 Å². The fourth-order valence-electron chi connectivity index (χ4n) is 4.09. The van der Waals surface area contributed by atoms with Crippen molar-refractivity contribution in [1.82, 2.24) is 19.7 Å². The van der Waals surface area contributed by atoms with Crippen LogP contribution >= 0.6 is 0 Å². The maximum absolute atomic E-state index is 11.5. The molecule has 2 N–H and O–H groups in total. The molecule has 4 aromatic rings. The lowest BCUT2D eigenvalue weighted by atomic mass is 10.1. The first-order chi connectivity index (χ1) is 15.2. The normalized spacial score (nSPS) is 14.2. The first-order valence-electron chi connectivity index (χ1n) is 10.3. The number of nitrogens with two attached hydrogens (primary N) is 1. The van der Waals surface area contributed by atoms with Crippen molar-refractivity contribution in [2.75, 3.05) is 36.0 Å². The van der Waals surface area contributed by atoms with Crippen LogP contribution in [0, 0.1) is 0 Å². The minimum absolute atomic E-state index is 0.194. The summed E-state index contributed by atoms with van der Waals surface area (Å²) >= 11 is 0. The average molecular weight is 413 g/mol. The van der Waals surface area contributed by atoms with Crippen molar-refractivity contribution in [2.24, 2.45) is 5.73 Å². The van der Waals surface area contributed by atoms with Crippen LogP contribution in [0.1, 0.15) is 5.56 Å². The zero-order valence-electron chi connectivity index (χ0n) is 17.1. The Morgan fingerprint density at radius 1 is 0.839 bits per heavy atom. The number of nitrogens with zero attached hydrogens (tertiary/aromatic N) is 6. The molecule has 1 aromatic carbocycles. The predicted octanol–water partition coefficient (Wildman–Crippen LogP) is 2.17. The number of anilines is 2. The van der Waals surface area contributed by atoms with E-state index in [1.54, 1.807) is 0 Å². The number of benzene rings is 1. The first kappa shape index (κ1) is 19.0. The molecule has 5 rings (SSSR count). The number of hydrogen-bond acceptors (Lipinski definition) is 6. The minimum atomic E-state index is -0.353. The number of para-hydroxylation sites is 1. The number of rotatable bonds is 5. The van der Waals surface area contributed by atoms with Crippen molar-refractivity contribution in [1.29, 1.82) is 0 Å². The number of carbonyl (C=O) groups is 1. The SMILES string of the molecule is NC(=O)Cc1cn(-c2ccc(N3CCN(c4ccccn4)CC3)nn2)c2ccccc12. The lowest BCUT2D eigenvalue weighted by Gasteiger charge is -2.35. The smallest absolute Gasteiger partial charge is 0.221 e. The Morgan fingerprint density at radius 3 is 2.19 bits per heavy atom. The van der Waals surface area contributed by atoms with Gasteiger partial charge in [0, 0.05) is 44.0 Å². The maximum atomic E-state index is 11.5. The number of amides is 1. The van der Waals surface area contributed by atoms with Crippen molar-refractivity contribution in [3.05, 3.63) is 72.6 Å². The van der Waals surface area contributed by atoms with E-state index < -0.39 is 0 Å². The van der Waals surface area contributed by atoms with Crippen LogP contribution in [0.15, 0.2) is 67.0 Å². The van der Waals surface area contributed by atoms with E-state index in [1.807, 2.05) is 71.6 Å². The van der Waals surface area contributed by atoms with Crippen LogP contribution < -0.4 is 15.5 Å². The third kappa shape index (κ3) is 3.79. The summed E-state index contributed by atoms with van der Waals surface area (Å²) in [5.74, 6) is 2.23. The summed E-state index contributed by atoms with van der Waals surface area (Å²) in [6.07, 6.45) is 3.94. The topological polar surface area (TPSA) is 93.2 Å². The van der Waals surface area contributed by atoms with Crippen LogP contribution in [0.25, 0.3) is 16.7 Å². The van der Waals surface area contributed by atoms with Gasteiger partial charge in [-0.25, -0.2) is 4.98 Å². The molecule has 0 bridgehead atoms. The molecule has 31 heavy (non-hydrogen) atoms. The van der Waals surface area contributed by atoms with Gasteiger partial charge in [-0.05, 0) is 35.9 Å². The predicted molar refractivity (Wildman–Crippen MR) is 120 cm³/mol. The molecule has 0 radical (unpaired) electrons. The van der Waals surface area contributed by atoms with Crippen molar-refractivity contribution in [2.45, 2.75) is 6.42 Å². The van der Waals surface area contributed by atoms with Gasteiger partial charge in [-0.15, -0.1) is 10.2 Å². The van der Waals surface area contributed by atoms with Gasteiger partial charge in [0.25, 0.3) is 0 Å². The number of carbonyl (C=O) groups excluding carboxylic acids is 1. The van der Waals surface area contributed by atoms with Gasteiger partial charge in [0.15, 0.2) is 11.6 Å². The van der Waals surface area contributed by atoms with E-state index in [1.165, 1.54) is 0 Å². The molecule has 8 nitrogen and oxygen atoms in total. The van der Waals surface area contributed by atoms with Gasteiger partial charge in [0.2, 0.25) is 5.91 Å². The Kier molecular flexibility index (Phi) is 4.95. The average Bonchev–Trinajstić information content (AvgIpc) is 3.18. The summed E-state index contributed by atoms with van der Waals surface area (Å²) in [5.41, 5.74) is 7.29. The number of fused-ring (bicyclic) bond motifs is 1. The fourth-order valence-corrected chi connectivity index (χ4v) is 4.09. The van der Waals surface area contributed by atoms with E-state index in [-0.39, 0.29) is 12.3 Å². The lowest BCUT2D eigenvalue weighted by molar-refractivity contribution is -0.117.